The summed E-state index contributed by atoms with van der Waals surface area (Å²) in [4.78, 5) is 0. The van der Waals surface area contributed by atoms with Crippen LogP contribution in [0.4, 0.5) is 0 Å². The van der Waals surface area contributed by atoms with Crippen LogP contribution in [0.3, 0.4) is 0 Å². The summed E-state index contributed by atoms with van der Waals surface area (Å²) < 4.78 is 16.5. The second-order valence-corrected chi connectivity index (χ2v) is 17.7. The minimum atomic E-state index is -0.458. The summed E-state index contributed by atoms with van der Waals surface area (Å²) >= 11 is 0. The van der Waals surface area contributed by atoms with Crippen LogP contribution in [0.25, 0.3) is 88.8 Å². The van der Waals surface area contributed by atoms with E-state index in [-0.39, 0.29) is 89.9 Å². The molecule has 2 aromatic heterocycles. The Balaban J connectivity index is 1.28. The number of phenols is 4. The third kappa shape index (κ3) is 6.04. The summed E-state index contributed by atoms with van der Waals surface area (Å²) in [7, 11) is 28.5. The zero-order valence-electron chi connectivity index (χ0n) is 36.2. The molecule has 0 atom stereocenters. The van der Waals surface area contributed by atoms with E-state index in [0.29, 0.717) is 51.9 Å². The molecule has 2 saturated carbocycles. The van der Waals surface area contributed by atoms with Crippen LogP contribution in [0, 0.1) is 0 Å². The molecule has 2 aliphatic carbocycles. The second kappa shape index (κ2) is 15.5. The van der Waals surface area contributed by atoms with E-state index in [1.54, 1.807) is 16.7 Å². The van der Waals surface area contributed by atoms with Crippen LogP contribution in [0.2, 0.25) is 0 Å². The van der Waals surface area contributed by atoms with Crippen molar-refractivity contribution in [3.05, 3.63) is 145 Å². The predicted octanol–water partition coefficient (Wildman–Crippen LogP) is 9.33. The molecule has 67 heavy (non-hydrogen) atoms. The topological polar surface area (TPSA) is 117 Å². The van der Waals surface area contributed by atoms with Crippen LogP contribution in [0.1, 0.15) is 55.1 Å². The smallest absolute Gasteiger partial charge is 0.245 e. The van der Waals surface area contributed by atoms with Crippen LogP contribution in [0.5, 0.6) is 23.0 Å². The Morgan fingerprint density at radius 1 is 0.433 bits per heavy atom. The van der Waals surface area contributed by atoms with Gasteiger partial charge < -0.3 is 29.6 Å². The van der Waals surface area contributed by atoms with Gasteiger partial charge in [0.1, 0.15) is 53.9 Å². The molecule has 0 bridgehead atoms. The van der Waals surface area contributed by atoms with Crippen molar-refractivity contribution in [3.63, 3.8) is 0 Å². The van der Waals surface area contributed by atoms with Gasteiger partial charge in [-0.25, -0.2) is 0 Å². The van der Waals surface area contributed by atoms with Gasteiger partial charge in [0.2, 0.25) is 11.2 Å². The largest absolute Gasteiger partial charge is 0.508 e. The van der Waals surface area contributed by atoms with E-state index < -0.39 is 5.75 Å². The summed E-state index contributed by atoms with van der Waals surface area (Å²) in [5.41, 5.74) is 6.17. The SMILES string of the molecule is [B]c1c([B])c(-n2c3c(C4CC4)c([B])c(-c4ccccc4)c(O)c3ooc3c(O)c(-c4ccccc4-n4c5ccccc5c5ccccc54)c(O)c(C4CCC4)c32)c([B])c(O)c1-c1ccccc1. The molecular weight excluding hydrogens is 828 g/mol. The Bertz CT molecular complexity index is 3650. The molecule has 8 nitrogen and oxygen atoms in total. The maximum Gasteiger partial charge on any atom is 0.245 e. The maximum absolute atomic E-state index is 13.2. The summed E-state index contributed by atoms with van der Waals surface area (Å²) in [6, 6.07) is 42.1. The minimum Gasteiger partial charge on any atom is -0.508 e. The summed E-state index contributed by atoms with van der Waals surface area (Å²) in [6.45, 7) is 0. The number of benzene rings is 8. The van der Waals surface area contributed by atoms with E-state index in [9.17, 15) is 20.4 Å². The number of aromatic hydroxyl groups is 4. The van der Waals surface area contributed by atoms with E-state index >= 15 is 0 Å². The first-order valence-electron chi connectivity index (χ1n) is 22.5. The molecule has 2 fully saturated rings. The molecule has 0 aliphatic heterocycles. The molecule has 10 aromatic rings. The highest BCUT2D eigenvalue weighted by molar-refractivity contribution is 6.56. The summed E-state index contributed by atoms with van der Waals surface area (Å²) in [5, 5.41) is 53.1. The second-order valence-electron chi connectivity index (χ2n) is 17.7. The standard InChI is InChI=1S/C55H38B4N2O6/c56-43-38(31-26-27-31)47-54(52(64)39(43)28-14-3-1-4-15-28)66-67-55-48(61(47)49-45(58)44(57)40(51(63)46(49)59)29-16-5-2-6-17-29)41(30-18-13-19-30)50(62)42(53(55)65)34-22-9-12-25-37(34)60-35-23-10-7-20-32(35)33-21-8-11-24-36(33)60/h1-12,14-17,20-25,30-31,62-65H,13,18-19,26-27H2. The highest BCUT2D eigenvalue weighted by atomic mass is 17.0. The number of phenolic OH excluding ortho intramolecular Hbond substituents is 4. The summed E-state index contributed by atoms with van der Waals surface area (Å²) in [6.07, 6.45) is 3.75. The van der Waals surface area contributed by atoms with Gasteiger partial charge in [-0.3, -0.25) is 9.15 Å². The van der Waals surface area contributed by atoms with Crippen molar-refractivity contribution < 1.29 is 29.6 Å². The number of aromatic nitrogens is 2. The first-order chi connectivity index (χ1) is 32.7. The van der Waals surface area contributed by atoms with Crippen molar-refractivity contribution >= 4 is 97.2 Å². The van der Waals surface area contributed by atoms with Gasteiger partial charge in [-0.15, -0.1) is 0 Å². The number of para-hydroxylation sites is 3. The molecular formula is C55H38B4N2O6. The molecule has 4 N–H and O–H groups in total. The predicted molar refractivity (Wildman–Crippen MR) is 270 cm³/mol. The molecule has 8 aromatic carbocycles. The number of nitrogens with zero attached hydrogens (tertiary/aromatic N) is 2. The van der Waals surface area contributed by atoms with Crippen LogP contribution in [0.15, 0.2) is 143 Å². The van der Waals surface area contributed by atoms with Gasteiger partial charge in [0, 0.05) is 38.7 Å². The Morgan fingerprint density at radius 2 is 0.925 bits per heavy atom. The number of hydrogen-bond donors (Lipinski definition) is 4. The lowest BCUT2D eigenvalue weighted by Gasteiger charge is -2.31. The fourth-order valence-corrected chi connectivity index (χ4v) is 10.5. The average Bonchev–Trinajstić information content (AvgIpc) is 4.14. The Kier molecular flexibility index (Phi) is 9.47. The first-order valence-corrected chi connectivity index (χ1v) is 22.5. The third-order valence-corrected chi connectivity index (χ3v) is 14.0. The lowest BCUT2D eigenvalue weighted by molar-refractivity contribution is 0.0878. The maximum atomic E-state index is 13.2. The van der Waals surface area contributed by atoms with Gasteiger partial charge >= 0.3 is 0 Å². The molecule has 8 radical (unpaired) electrons. The molecule has 0 saturated heterocycles. The normalized spacial score (nSPS) is 14.0. The van der Waals surface area contributed by atoms with Crippen molar-refractivity contribution in [2.75, 3.05) is 0 Å². The highest BCUT2D eigenvalue weighted by Gasteiger charge is 2.38. The molecule has 316 valence electrons. The Labute approximate surface area is 390 Å². The minimum absolute atomic E-state index is 0.0146. The molecule has 12 rings (SSSR count). The van der Waals surface area contributed by atoms with Crippen LogP contribution in [-0.4, -0.2) is 60.9 Å². The average molecular weight is 866 g/mol. The fourth-order valence-electron chi connectivity index (χ4n) is 10.5. The molecule has 0 unspecified atom stereocenters. The van der Waals surface area contributed by atoms with Crippen molar-refractivity contribution in [1.82, 2.24) is 9.13 Å². The third-order valence-electron chi connectivity index (χ3n) is 14.0. The molecule has 0 amide bonds. The highest BCUT2D eigenvalue weighted by Crippen LogP contribution is 2.55. The number of hydrogen-bond acceptors (Lipinski definition) is 6. The molecule has 2 heterocycles. The molecule has 0 spiro atoms. The van der Waals surface area contributed by atoms with Crippen LogP contribution < -0.4 is 21.9 Å². The summed E-state index contributed by atoms with van der Waals surface area (Å²) in [5.74, 6) is -1.73. The van der Waals surface area contributed by atoms with E-state index in [0.717, 1.165) is 41.1 Å². The van der Waals surface area contributed by atoms with Gasteiger partial charge in [0.05, 0.1) is 22.3 Å². The first kappa shape index (κ1) is 40.9. The Hall–Kier alpha value is -7.58. The van der Waals surface area contributed by atoms with E-state index in [1.807, 2.05) is 109 Å². The molecule has 2 aliphatic rings. The van der Waals surface area contributed by atoms with Crippen molar-refractivity contribution in [2.24, 2.45) is 0 Å². The van der Waals surface area contributed by atoms with Crippen molar-refractivity contribution in [1.29, 1.82) is 0 Å². The van der Waals surface area contributed by atoms with Crippen LogP contribution in [-0.2, 0) is 0 Å². The monoisotopic (exact) mass is 866 g/mol. The fraction of sp³-hybridized carbons (Fsp3) is 0.127. The van der Waals surface area contributed by atoms with Gasteiger partial charge in [-0.05, 0) is 77.9 Å². The van der Waals surface area contributed by atoms with Gasteiger partial charge in [0.25, 0.3) is 0 Å². The Morgan fingerprint density at radius 3 is 1.49 bits per heavy atom. The quantitative estimate of drug-likeness (QED) is 0.0938. The van der Waals surface area contributed by atoms with E-state index in [4.69, 9.17) is 40.5 Å². The van der Waals surface area contributed by atoms with Crippen molar-refractivity contribution in [3.8, 4) is 67.8 Å². The van der Waals surface area contributed by atoms with Crippen molar-refractivity contribution in [2.45, 2.75) is 43.9 Å². The van der Waals surface area contributed by atoms with Gasteiger partial charge in [0.15, 0.2) is 11.5 Å². The lowest BCUT2D eigenvalue weighted by atomic mass is 9.70. The zero-order chi connectivity index (χ0) is 45.8. The molecule has 12 heteroatoms. The van der Waals surface area contributed by atoms with E-state index in [1.165, 1.54) is 0 Å². The number of fused-ring (bicyclic) bond motifs is 5. The number of rotatable bonds is 7. The van der Waals surface area contributed by atoms with Crippen LogP contribution >= 0.6 is 0 Å². The lowest BCUT2D eigenvalue weighted by Crippen LogP contribution is -2.38. The van der Waals surface area contributed by atoms with E-state index in [2.05, 4.69) is 16.7 Å². The zero-order valence-corrected chi connectivity index (χ0v) is 36.2. The van der Waals surface area contributed by atoms with Gasteiger partial charge in [-0.1, -0.05) is 138 Å². The van der Waals surface area contributed by atoms with Gasteiger partial charge in [-0.2, -0.15) is 0 Å².